The van der Waals surface area contributed by atoms with Crippen molar-refractivity contribution in [1.29, 1.82) is 5.26 Å². The van der Waals surface area contributed by atoms with Crippen molar-refractivity contribution < 1.29 is 9.90 Å². The molecular formula is C8H6N2O2. The molecule has 1 aromatic carbocycles. The monoisotopic (exact) mass is 162 g/mol. The Kier molecular flexibility index (Phi) is 1.97. The van der Waals surface area contributed by atoms with Crippen LogP contribution in [-0.2, 0) is 0 Å². The first kappa shape index (κ1) is 8.08. The lowest BCUT2D eigenvalue weighted by Gasteiger charge is -2.00. The van der Waals surface area contributed by atoms with Crippen LogP contribution in [0.4, 0.5) is 5.69 Å². The summed E-state index contributed by atoms with van der Waals surface area (Å²) in [6, 6.07) is 4.31. The van der Waals surface area contributed by atoms with Gasteiger partial charge < -0.3 is 10.8 Å². The van der Waals surface area contributed by atoms with Crippen LogP contribution in [0.3, 0.4) is 0 Å². The Morgan fingerprint density at radius 2 is 2.25 bits per heavy atom. The fourth-order valence-corrected chi connectivity index (χ4v) is 0.833. The topological polar surface area (TPSA) is 87.1 Å². The number of carbonyl (C=O) groups excluding carboxylic acids is 1. The van der Waals surface area contributed by atoms with Crippen molar-refractivity contribution in [1.82, 2.24) is 0 Å². The lowest BCUT2D eigenvalue weighted by atomic mass is 10.1. The van der Waals surface area contributed by atoms with Gasteiger partial charge >= 0.3 is 0 Å². The van der Waals surface area contributed by atoms with Crippen LogP contribution in [-0.4, -0.2) is 11.4 Å². The Morgan fingerprint density at radius 3 is 2.75 bits per heavy atom. The van der Waals surface area contributed by atoms with E-state index in [1.807, 2.05) is 0 Å². The summed E-state index contributed by atoms with van der Waals surface area (Å²) >= 11 is 0. The van der Waals surface area contributed by atoms with Gasteiger partial charge in [-0.15, -0.1) is 0 Å². The van der Waals surface area contributed by atoms with E-state index in [2.05, 4.69) is 0 Å². The highest BCUT2D eigenvalue weighted by molar-refractivity contribution is 5.80. The smallest absolute Gasteiger partial charge is 0.156 e. The molecule has 3 N–H and O–H groups in total. The van der Waals surface area contributed by atoms with Crippen LogP contribution in [0.5, 0.6) is 5.75 Å². The summed E-state index contributed by atoms with van der Waals surface area (Å²) in [6.07, 6.45) is 0.566. The Hall–Kier alpha value is -2.02. The van der Waals surface area contributed by atoms with Crippen LogP contribution in [0.25, 0.3) is 0 Å². The van der Waals surface area contributed by atoms with Gasteiger partial charge in [-0.2, -0.15) is 5.26 Å². The van der Waals surface area contributed by atoms with E-state index in [4.69, 9.17) is 16.1 Å². The van der Waals surface area contributed by atoms with Crippen molar-refractivity contribution >= 4 is 12.0 Å². The number of phenols is 1. The highest BCUT2D eigenvalue weighted by Gasteiger charge is 2.05. The third kappa shape index (κ3) is 1.20. The van der Waals surface area contributed by atoms with Crippen LogP contribution in [0, 0.1) is 11.3 Å². The molecule has 0 aliphatic heterocycles. The second kappa shape index (κ2) is 2.93. The molecule has 60 valence electrons. The molecule has 4 nitrogen and oxygen atoms in total. The van der Waals surface area contributed by atoms with E-state index in [-0.39, 0.29) is 22.6 Å². The number of aromatic hydroxyl groups is 1. The lowest BCUT2D eigenvalue weighted by molar-refractivity contribution is 0.112. The van der Waals surface area contributed by atoms with E-state index >= 15 is 0 Å². The first-order valence-corrected chi connectivity index (χ1v) is 3.16. The van der Waals surface area contributed by atoms with E-state index in [1.165, 1.54) is 12.1 Å². The Bertz CT molecular complexity index is 366. The van der Waals surface area contributed by atoms with Gasteiger partial charge in [-0.3, -0.25) is 4.79 Å². The van der Waals surface area contributed by atoms with Crippen molar-refractivity contribution in [3.63, 3.8) is 0 Å². The first-order valence-electron chi connectivity index (χ1n) is 3.16. The summed E-state index contributed by atoms with van der Waals surface area (Å²) in [6.45, 7) is 0. The molecule has 0 fully saturated rings. The largest absolute Gasteiger partial charge is 0.504 e. The van der Waals surface area contributed by atoms with E-state index in [1.54, 1.807) is 6.07 Å². The summed E-state index contributed by atoms with van der Waals surface area (Å²) in [5.74, 6) is -0.275. The maximum absolute atomic E-state index is 10.3. The maximum atomic E-state index is 10.3. The van der Waals surface area contributed by atoms with Crippen molar-refractivity contribution in [2.75, 3.05) is 5.73 Å². The zero-order chi connectivity index (χ0) is 9.14. The van der Waals surface area contributed by atoms with Crippen molar-refractivity contribution in [2.24, 2.45) is 0 Å². The number of nitriles is 1. The zero-order valence-electron chi connectivity index (χ0n) is 6.11. The third-order valence-corrected chi connectivity index (χ3v) is 1.42. The third-order valence-electron chi connectivity index (χ3n) is 1.42. The molecule has 1 aromatic rings. The summed E-state index contributed by atoms with van der Waals surface area (Å²) in [7, 11) is 0. The molecule has 0 bridgehead atoms. The lowest BCUT2D eigenvalue weighted by Crippen LogP contribution is -1.91. The quantitative estimate of drug-likeness (QED) is 0.360. The molecule has 0 saturated heterocycles. The molecule has 0 atom stereocenters. The summed E-state index contributed by atoms with van der Waals surface area (Å²) < 4.78 is 0. The summed E-state index contributed by atoms with van der Waals surface area (Å²) in [5, 5.41) is 17.6. The number of aldehydes is 1. The molecule has 0 aromatic heterocycles. The van der Waals surface area contributed by atoms with Gasteiger partial charge in [0, 0.05) is 5.56 Å². The van der Waals surface area contributed by atoms with E-state index in [9.17, 15) is 4.79 Å². The molecule has 0 amide bonds. The standard InChI is InChI=1S/C8H6N2O2/c9-3-6-1-5(4-11)2-7(10)8(6)12/h1-2,4,12H,10H2. The number of benzene rings is 1. The van der Waals surface area contributed by atoms with E-state index in [0.717, 1.165) is 0 Å². The van der Waals surface area contributed by atoms with Gasteiger partial charge in [0.15, 0.2) is 5.75 Å². The molecule has 0 aliphatic rings. The van der Waals surface area contributed by atoms with Crippen LogP contribution >= 0.6 is 0 Å². The molecule has 0 radical (unpaired) electrons. The molecule has 0 aliphatic carbocycles. The predicted molar refractivity (Wildman–Crippen MR) is 42.6 cm³/mol. The fourth-order valence-electron chi connectivity index (χ4n) is 0.833. The summed E-state index contributed by atoms with van der Waals surface area (Å²) in [4.78, 5) is 10.3. The fraction of sp³-hybridized carbons (Fsp3) is 0. The zero-order valence-corrected chi connectivity index (χ0v) is 6.11. The first-order chi connectivity index (χ1) is 5.69. The van der Waals surface area contributed by atoms with Crippen LogP contribution in [0.15, 0.2) is 12.1 Å². The molecular weight excluding hydrogens is 156 g/mol. The molecule has 1 rings (SSSR count). The van der Waals surface area contributed by atoms with Crippen molar-refractivity contribution in [3.8, 4) is 11.8 Å². The number of hydrogen-bond donors (Lipinski definition) is 2. The minimum atomic E-state index is -0.275. The summed E-state index contributed by atoms with van der Waals surface area (Å²) in [5.41, 5.74) is 5.64. The Balaban J connectivity index is 3.41. The number of phenolic OH excluding ortho intramolecular Hbond substituents is 1. The van der Waals surface area contributed by atoms with E-state index < -0.39 is 0 Å². The second-order valence-corrected chi connectivity index (χ2v) is 2.24. The Labute approximate surface area is 68.8 Å². The van der Waals surface area contributed by atoms with Gasteiger partial charge in [-0.1, -0.05) is 0 Å². The van der Waals surface area contributed by atoms with Gasteiger partial charge in [0.1, 0.15) is 12.4 Å². The number of hydrogen-bond acceptors (Lipinski definition) is 4. The van der Waals surface area contributed by atoms with Gasteiger partial charge in [0.05, 0.1) is 11.3 Å². The number of rotatable bonds is 1. The normalized spacial score (nSPS) is 8.92. The highest BCUT2D eigenvalue weighted by atomic mass is 16.3. The molecule has 0 unspecified atom stereocenters. The highest BCUT2D eigenvalue weighted by Crippen LogP contribution is 2.25. The van der Waals surface area contributed by atoms with Gasteiger partial charge in [0.25, 0.3) is 0 Å². The number of nitrogens with zero attached hydrogens (tertiary/aromatic N) is 1. The van der Waals surface area contributed by atoms with Gasteiger partial charge in [0.2, 0.25) is 0 Å². The molecule has 0 spiro atoms. The molecule has 4 heteroatoms. The van der Waals surface area contributed by atoms with Crippen LogP contribution < -0.4 is 5.73 Å². The average molecular weight is 162 g/mol. The molecule has 12 heavy (non-hydrogen) atoms. The number of nitrogen functional groups attached to an aromatic ring is 1. The molecule has 0 saturated carbocycles. The SMILES string of the molecule is N#Cc1cc(C=O)cc(N)c1O. The number of nitrogens with two attached hydrogens (primary N) is 1. The van der Waals surface area contributed by atoms with Crippen LogP contribution in [0.2, 0.25) is 0 Å². The second-order valence-electron chi connectivity index (χ2n) is 2.24. The van der Waals surface area contributed by atoms with Crippen molar-refractivity contribution in [2.45, 2.75) is 0 Å². The van der Waals surface area contributed by atoms with Crippen LogP contribution in [0.1, 0.15) is 15.9 Å². The molecule has 0 heterocycles. The maximum Gasteiger partial charge on any atom is 0.156 e. The predicted octanol–water partition coefficient (Wildman–Crippen LogP) is 0.659. The van der Waals surface area contributed by atoms with Gasteiger partial charge in [-0.05, 0) is 12.1 Å². The average Bonchev–Trinajstić information content (AvgIpc) is 2.09. The number of carbonyl (C=O) groups is 1. The minimum absolute atomic E-state index is 0.0112. The Morgan fingerprint density at radius 1 is 1.58 bits per heavy atom. The van der Waals surface area contributed by atoms with Crippen molar-refractivity contribution in [3.05, 3.63) is 23.3 Å². The van der Waals surface area contributed by atoms with E-state index in [0.29, 0.717) is 6.29 Å². The van der Waals surface area contributed by atoms with Gasteiger partial charge in [-0.25, -0.2) is 0 Å². The number of anilines is 1. The minimum Gasteiger partial charge on any atom is -0.504 e.